The van der Waals surface area contributed by atoms with Gasteiger partial charge in [-0.1, -0.05) is 12.7 Å². The van der Waals surface area contributed by atoms with E-state index in [9.17, 15) is 4.79 Å². The van der Waals surface area contributed by atoms with Crippen LogP contribution in [0.1, 0.15) is 12.5 Å². The largest absolute Gasteiger partial charge is 0.490 e. The van der Waals surface area contributed by atoms with Crippen molar-refractivity contribution in [3.8, 4) is 11.5 Å². The van der Waals surface area contributed by atoms with Gasteiger partial charge in [0.1, 0.15) is 6.61 Å². The summed E-state index contributed by atoms with van der Waals surface area (Å²) < 4.78 is 11.7. The Morgan fingerprint density at radius 2 is 2.21 bits per heavy atom. The summed E-state index contributed by atoms with van der Waals surface area (Å²) in [5, 5.41) is 8.62. The fourth-order valence-corrected chi connectivity index (χ4v) is 1.97. The van der Waals surface area contributed by atoms with E-state index in [0.717, 1.165) is 6.08 Å². The minimum atomic E-state index is -0.999. The van der Waals surface area contributed by atoms with E-state index in [1.807, 2.05) is 6.92 Å². The maximum Gasteiger partial charge on any atom is 0.328 e. The van der Waals surface area contributed by atoms with Crippen molar-refractivity contribution in [2.24, 2.45) is 0 Å². The van der Waals surface area contributed by atoms with Crippen LogP contribution >= 0.6 is 15.9 Å². The Labute approximate surface area is 120 Å². The second-order valence-corrected chi connectivity index (χ2v) is 4.39. The van der Waals surface area contributed by atoms with Gasteiger partial charge in [-0.15, -0.1) is 0 Å². The predicted molar refractivity (Wildman–Crippen MR) is 77.7 cm³/mol. The maximum absolute atomic E-state index is 10.5. The Morgan fingerprint density at radius 3 is 2.79 bits per heavy atom. The van der Waals surface area contributed by atoms with Gasteiger partial charge in [0.05, 0.1) is 11.1 Å². The molecule has 0 spiro atoms. The Morgan fingerprint density at radius 1 is 1.47 bits per heavy atom. The molecule has 0 saturated heterocycles. The van der Waals surface area contributed by atoms with E-state index in [0.29, 0.717) is 34.7 Å². The van der Waals surface area contributed by atoms with E-state index in [2.05, 4.69) is 22.5 Å². The van der Waals surface area contributed by atoms with Gasteiger partial charge in [0.15, 0.2) is 11.5 Å². The third-order valence-corrected chi connectivity index (χ3v) is 2.68. The fraction of sp³-hybridized carbons (Fsp3) is 0.214. The lowest BCUT2D eigenvalue weighted by Crippen LogP contribution is -2.00. The predicted octanol–water partition coefficient (Wildman–Crippen LogP) is 3.51. The summed E-state index contributed by atoms with van der Waals surface area (Å²) in [5.41, 5.74) is 0.712. The number of benzene rings is 1. The van der Waals surface area contributed by atoms with Crippen LogP contribution in [0.3, 0.4) is 0 Å². The molecular weight excluding hydrogens is 312 g/mol. The lowest BCUT2D eigenvalue weighted by atomic mass is 10.2. The minimum Gasteiger partial charge on any atom is -0.490 e. The van der Waals surface area contributed by atoms with Crippen LogP contribution in [0, 0.1) is 0 Å². The first-order valence-electron chi connectivity index (χ1n) is 5.69. The van der Waals surface area contributed by atoms with Gasteiger partial charge in [0.2, 0.25) is 0 Å². The van der Waals surface area contributed by atoms with E-state index >= 15 is 0 Å². The fourth-order valence-electron chi connectivity index (χ4n) is 1.40. The van der Waals surface area contributed by atoms with Crippen molar-refractivity contribution >= 4 is 28.0 Å². The van der Waals surface area contributed by atoms with Crippen molar-refractivity contribution in [1.29, 1.82) is 0 Å². The van der Waals surface area contributed by atoms with Crippen LogP contribution < -0.4 is 9.47 Å². The normalized spacial score (nSPS) is 10.4. The standard InChI is InChI=1S/C14H15BrO4/c1-3-7-19-14-11(15)8-10(5-6-13(16)17)9-12(14)18-4-2/h3,5-6,8-9H,1,4,7H2,2H3,(H,16,17). The van der Waals surface area contributed by atoms with Crippen molar-refractivity contribution in [2.45, 2.75) is 6.92 Å². The van der Waals surface area contributed by atoms with E-state index in [1.165, 1.54) is 6.08 Å². The molecule has 0 heterocycles. The highest BCUT2D eigenvalue weighted by atomic mass is 79.9. The molecule has 0 aromatic heterocycles. The van der Waals surface area contributed by atoms with Crippen LogP contribution in [0.15, 0.2) is 35.3 Å². The van der Waals surface area contributed by atoms with Crippen molar-refractivity contribution in [1.82, 2.24) is 0 Å². The number of carboxylic acid groups (broad SMARTS) is 1. The van der Waals surface area contributed by atoms with Crippen LogP contribution in [0.2, 0.25) is 0 Å². The summed E-state index contributed by atoms with van der Waals surface area (Å²) in [7, 11) is 0. The quantitative estimate of drug-likeness (QED) is 0.615. The number of carboxylic acids is 1. The summed E-state index contributed by atoms with van der Waals surface area (Å²) in [6.07, 6.45) is 4.20. The SMILES string of the molecule is C=CCOc1c(Br)cc(C=CC(=O)O)cc1OCC. The molecule has 0 unspecified atom stereocenters. The first kappa shape index (κ1) is 15.3. The highest BCUT2D eigenvalue weighted by molar-refractivity contribution is 9.10. The Kier molecular flexibility index (Phi) is 6.15. The van der Waals surface area contributed by atoms with Gasteiger partial charge in [0.25, 0.3) is 0 Å². The van der Waals surface area contributed by atoms with Gasteiger partial charge in [-0.05, 0) is 46.6 Å². The third kappa shape index (κ3) is 4.79. The smallest absolute Gasteiger partial charge is 0.328 e. The molecule has 4 nitrogen and oxygen atoms in total. The molecule has 0 aliphatic rings. The van der Waals surface area contributed by atoms with Crippen LogP contribution in [0.4, 0.5) is 0 Å². The van der Waals surface area contributed by atoms with Gasteiger partial charge in [0, 0.05) is 6.08 Å². The number of hydrogen-bond donors (Lipinski definition) is 1. The van der Waals surface area contributed by atoms with Gasteiger partial charge in [-0.3, -0.25) is 0 Å². The first-order chi connectivity index (χ1) is 9.08. The number of aliphatic carboxylic acids is 1. The monoisotopic (exact) mass is 326 g/mol. The summed E-state index contributed by atoms with van der Waals surface area (Å²) in [4.78, 5) is 10.5. The van der Waals surface area contributed by atoms with Gasteiger partial charge in [-0.25, -0.2) is 4.79 Å². The van der Waals surface area contributed by atoms with Crippen LogP contribution in [0.25, 0.3) is 6.08 Å². The summed E-state index contributed by atoms with van der Waals surface area (Å²) in [6, 6.07) is 3.49. The van der Waals surface area contributed by atoms with Gasteiger partial charge < -0.3 is 14.6 Å². The zero-order valence-corrected chi connectivity index (χ0v) is 12.1. The molecular formula is C14H15BrO4. The average molecular weight is 327 g/mol. The molecule has 0 saturated carbocycles. The highest BCUT2D eigenvalue weighted by Gasteiger charge is 2.11. The lowest BCUT2D eigenvalue weighted by molar-refractivity contribution is -0.131. The number of hydrogen-bond acceptors (Lipinski definition) is 3. The molecule has 0 radical (unpaired) electrons. The molecule has 0 amide bonds. The van der Waals surface area contributed by atoms with E-state index in [-0.39, 0.29) is 0 Å². The number of carbonyl (C=O) groups is 1. The van der Waals surface area contributed by atoms with E-state index in [4.69, 9.17) is 14.6 Å². The Bertz CT molecular complexity index is 494. The highest BCUT2D eigenvalue weighted by Crippen LogP contribution is 2.37. The molecule has 19 heavy (non-hydrogen) atoms. The summed E-state index contributed by atoms with van der Waals surface area (Å²) in [6.45, 7) is 6.31. The average Bonchev–Trinajstić information content (AvgIpc) is 2.36. The molecule has 102 valence electrons. The molecule has 1 N–H and O–H groups in total. The van der Waals surface area contributed by atoms with E-state index < -0.39 is 5.97 Å². The maximum atomic E-state index is 10.5. The molecule has 0 bridgehead atoms. The molecule has 1 aromatic carbocycles. The zero-order valence-electron chi connectivity index (χ0n) is 10.6. The number of ether oxygens (including phenoxy) is 2. The molecule has 5 heteroatoms. The minimum absolute atomic E-state index is 0.364. The zero-order chi connectivity index (χ0) is 14.3. The van der Waals surface area contributed by atoms with Crippen molar-refractivity contribution in [2.75, 3.05) is 13.2 Å². The third-order valence-electron chi connectivity index (χ3n) is 2.10. The first-order valence-corrected chi connectivity index (χ1v) is 6.48. The summed E-state index contributed by atoms with van der Waals surface area (Å²) in [5.74, 6) is 0.138. The molecule has 1 rings (SSSR count). The molecule has 0 aliphatic heterocycles. The van der Waals surface area contributed by atoms with Crippen molar-refractivity contribution in [3.63, 3.8) is 0 Å². The lowest BCUT2D eigenvalue weighted by Gasteiger charge is -2.13. The molecule has 0 fully saturated rings. The summed E-state index contributed by atoms with van der Waals surface area (Å²) >= 11 is 3.38. The second kappa shape index (κ2) is 7.63. The van der Waals surface area contributed by atoms with Crippen molar-refractivity contribution in [3.05, 3.63) is 40.9 Å². The van der Waals surface area contributed by atoms with Crippen LogP contribution in [-0.2, 0) is 4.79 Å². The number of rotatable bonds is 7. The van der Waals surface area contributed by atoms with Crippen LogP contribution in [0.5, 0.6) is 11.5 Å². The molecule has 0 aliphatic carbocycles. The van der Waals surface area contributed by atoms with Gasteiger partial charge in [-0.2, -0.15) is 0 Å². The van der Waals surface area contributed by atoms with E-state index in [1.54, 1.807) is 18.2 Å². The Hall–Kier alpha value is -1.75. The molecule has 0 atom stereocenters. The molecule has 1 aromatic rings. The number of halogens is 1. The van der Waals surface area contributed by atoms with Crippen LogP contribution in [-0.4, -0.2) is 24.3 Å². The topological polar surface area (TPSA) is 55.8 Å². The Balaban J connectivity index is 3.12. The second-order valence-electron chi connectivity index (χ2n) is 3.53. The van der Waals surface area contributed by atoms with Crippen molar-refractivity contribution < 1.29 is 19.4 Å². The van der Waals surface area contributed by atoms with Gasteiger partial charge >= 0.3 is 5.97 Å².